The summed E-state index contributed by atoms with van der Waals surface area (Å²) in [4.78, 5) is 41.6. The second-order valence-corrected chi connectivity index (χ2v) is 7.70. The van der Waals surface area contributed by atoms with Gasteiger partial charge in [-0.2, -0.15) is 0 Å². The molecule has 28 heavy (non-hydrogen) atoms. The Labute approximate surface area is 164 Å². The van der Waals surface area contributed by atoms with Crippen molar-refractivity contribution in [3.8, 4) is 0 Å². The third-order valence-corrected chi connectivity index (χ3v) is 5.28. The number of esters is 1. The van der Waals surface area contributed by atoms with Crippen molar-refractivity contribution in [1.29, 1.82) is 0 Å². The van der Waals surface area contributed by atoms with Gasteiger partial charge in [0.1, 0.15) is 5.82 Å². The lowest BCUT2D eigenvalue weighted by molar-refractivity contribution is -0.125. The van der Waals surface area contributed by atoms with Gasteiger partial charge in [0, 0.05) is 19.0 Å². The zero-order chi connectivity index (χ0) is 20.3. The number of amides is 1. The molecule has 7 nitrogen and oxygen atoms in total. The number of ether oxygens (including phenoxy) is 1. The highest BCUT2D eigenvalue weighted by atomic mass is 16.5. The topological polar surface area (TPSA) is 90.3 Å². The SMILES string of the molecule is CC(C)[C@H](C)NC(=O)COC(=O)c1ccc2c(=O)n3c(nc2c1)CCCCC3. The molecule has 0 saturated carbocycles. The second kappa shape index (κ2) is 8.54. The molecule has 1 amide bonds. The van der Waals surface area contributed by atoms with Crippen molar-refractivity contribution in [3.05, 3.63) is 39.9 Å². The summed E-state index contributed by atoms with van der Waals surface area (Å²) in [6, 6.07) is 4.73. The van der Waals surface area contributed by atoms with Crippen molar-refractivity contribution in [2.24, 2.45) is 5.92 Å². The first-order chi connectivity index (χ1) is 13.4. The summed E-state index contributed by atoms with van der Waals surface area (Å²) in [5.41, 5.74) is 0.706. The molecule has 0 aliphatic carbocycles. The third kappa shape index (κ3) is 4.40. The van der Waals surface area contributed by atoms with E-state index in [9.17, 15) is 14.4 Å². The summed E-state index contributed by atoms with van der Waals surface area (Å²) < 4.78 is 6.86. The van der Waals surface area contributed by atoms with E-state index in [-0.39, 0.29) is 29.7 Å². The van der Waals surface area contributed by atoms with Crippen LogP contribution in [0.25, 0.3) is 10.9 Å². The van der Waals surface area contributed by atoms with Gasteiger partial charge in [0.05, 0.1) is 16.5 Å². The van der Waals surface area contributed by atoms with Crippen LogP contribution in [-0.2, 0) is 22.5 Å². The molecule has 1 aliphatic heterocycles. The minimum absolute atomic E-state index is 0.000644. The normalized spacial score (nSPS) is 15.0. The fourth-order valence-corrected chi connectivity index (χ4v) is 3.22. The zero-order valence-electron chi connectivity index (χ0n) is 16.7. The predicted molar refractivity (Wildman–Crippen MR) is 106 cm³/mol. The summed E-state index contributed by atoms with van der Waals surface area (Å²) in [5, 5.41) is 3.28. The number of hydrogen-bond acceptors (Lipinski definition) is 5. The number of carbonyl (C=O) groups is 2. The van der Waals surface area contributed by atoms with Crippen LogP contribution in [0.2, 0.25) is 0 Å². The average Bonchev–Trinajstić information content (AvgIpc) is 2.91. The smallest absolute Gasteiger partial charge is 0.338 e. The molecule has 150 valence electrons. The summed E-state index contributed by atoms with van der Waals surface area (Å²) in [6.45, 7) is 6.25. The number of fused-ring (bicyclic) bond motifs is 2. The van der Waals surface area contributed by atoms with Crippen LogP contribution in [0.1, 0.15) is 56.2 Å². The van der Waals surface area contributed by atoms with Crippen molar-refractivity contribution >= 4 is 22.8 Å². The largest absolute Gasteiger partial charge is 0.452 e. The summed E-state index contributed by atoms with van der Waals surface area (Å²) >= 11 is 0. The van der Waals surface area contributed by atoms with Crippen molar-refractivity contribution in [2.45, 2.75) is 59.0 Å². The lowest BCUT2D eigenvalue weighted by atomic mass is 10.1. The van der Waals surface area contributed by atoms with E-state index < -0.39 is 5.97 Å². The Morgan fingerprint density at radius 1 is 1.21 bits per heavy atom. The van der Waals surface area contributed by atoms with E-state index in [1.165, 1.54) is 0 Å². The monoisotopic (exact) mass is 385 g/mol. The molecule has 2 aromatic rings. The van der Waals surface area contributed by atoms with Gasteiger partial charge in [-0.3, -0.25) is 14.2 Å². The number of nitrogens with one attached hydrogen (secondary N) is 1. The first-order valence-electron chi connectivity index (χ1n) is 9.87. The van der Waals surface area contributed by atoms with Crippen LogP contribution in [-0.4, -0.2) is 34.1 Å². The van der Waals surface area contributed by atoms with E-state index in [2.05, 4.69) is 10.3 Å². The van der Waals surface area contributed by atoms with Crippen molar-refractivity contribution < 1.29 is 14.3 Å². The summed E-state index contributed by atoms with van der Waals surface area (Å²) in [5.74, 6) is 0.117. The van der Waals surface area contributed by atoms with E-state index in [4.69, 9.17) is 4.74 Å². The standard InChI is InChI=1S/C21H27N3O4/c1-13(2)14(3)22-19(25)12-28-21(27)15-8-9-16-17(11-15)23-18-7-5-4-6-10-24(18)20(16)26/h8-9,11,13-14H,4-7,10,12H2,1-3H3,(H,22,25)/t14-/m0/s1. The number of rotatable bonds is 5. The van der Waals surface area contributed by atoms with Crippen molar-refractivity contribution in [3.63, 3.8) is 0 Å². The highest BCUT2D eigenvalue weighted by Crippen LogP contribution is 2.16. The molecular weight excluding hydrogens is 358 g/mol. The zero-order valence-corrected chi connectivity index (χ0v) is 16.7. The highest BCUT2D eigenvalue weighted by Gasteiger charge is 2.17. The molecule has 1 aromatic carbocycles. The minimum atomic E-state index is -0.605. The lowest BCUT2D eigenvalue weighted by Gasteiger charge is -2.17. The predicted octanol–water partition coefficient (Wildman–Crippen LogP) is 2.44. The maximum atomic E-state index is 12.7. The Morgan fingerprint density at radius 2 is 2.00 bits per heavy atom. The van der Waals surface area contributed by atoms with Gasteiger partial charge in [-0.05, 0) is 43.9 Å². The molecule has 1 N–H and O–H groups in total. The van der Waals surface area contributed by atoms with E-state index >= 15 is 0 Å². The average molecular weight is 385 g/mol. The van der Waals surface area contributed by atoms with Crippen LogP contribution in [0.5, 0.6) is 0 Å². The van der Waals surface area contributed by atoms with Crippen molar-refractivity contribution in [2.75, 3.05) is 6.61 Å². The van der Waals surface area contributed by atoms with Crippen LogP contribution in [0.3, 0.4) is 0 Å². The van der Waals surface area contributed by atoms with Crippen molar-refractivity contribution in [1.82, 2.24) is 14.9 Å². The van der Waals surface area contributed by atoms with Crippen LogP contribution in [0.15, 0.2) is 23.0 Å². The fraction of sp³-hybridized carbons (Fsp3) is 0.524. The molecular formula is C21H27N3O4. The molecule has 0 radical (unpaired) electrons. The molecule has 0 spiro atoms. The van der Waals surface area contributed by atoms with Crippen LogP contribution in [0, 0.1) is 5.92 Å². The molecule has 1 atom stereocenters. The third-order valence-electron chi connectivity index (χ3n) is 5.28. The van der Waals surface area contributed by atoms with Gasteiger partial charge in [0.2, 0.25) is 0 Å². The van der Waals surface area contributed by atoms with E-state index in [1.54, 1.807) is 22.8 Å². The number of aryl methyl sites for hydroxylation is 1. The Balaban J connectivity index is 1.76. The molecule has 3 rings (SSSR count). The first-order valence-corrected chi connectivity index (χ1v) is 9.87. The van der Waals surface area contributed by atoms with Gasteiger partial charge < -0.3 is 10.1 Å². The van der Waals surface area contributed by atoms with Gasteiger partial charge in [0.15, 0.2) is 6.61 Å². The first kappa shape index (κ1) is 20.0. The van der Waals surface area contributed by atoms with E-state index in [1.807, 2.05) is 20.8 Å². The summed E-state index contributed by atoms with van der Waals surface area (Å²) in [6.07, 6.45) is 3.81. The maximum absolute atomic E-state index is 12.7. The van der Waals surface area contributed by atoms with Gasteiger partial charge >= 0.3 is 5.97 Å². The molecule has 0 fully saturated rings. The molecule has 2 heterocycles. The molecule has 0 bridgehead atoms. The molecule has 0 unspecified atom stereocenters. The van der Waals surface area contributed by atoms with Gasteiger partial charge in [0.25, 0.3) is 11.5 Å². The summed E-state index contributed by atoms with van der Waals surface area (Å²) in [7, 11) is 0. The Hall–Kier alpha value is -2.70. The number of benzene rings is 1. The van der Waals surface area contributed by atoms with Crippen LogP contribution >= 0.6 is 0 Å². The Bertz CT molecular complexity index is 949. The molecule has 1 aliphatic rings. The number of nitrogens with zero attached hydrogens (tertiary/aromatic N) is 2. The maximum Gasteiger partial charge on any atom is 0.338 e. The lowest BCUT2D eigenvalue weighted by Crippen LogP contribution is -2.38. The number of aromatic nitrogens is 2. The van der Waals surface area contributed by atoms with Crippen LogP contribution < -0.4 is 10.9 Å². The fourth-order valence-electron chi connectivity index (χ4n) is 3.22. The molecule has 7 heteroatoms. The van der Waals surface area contributed by atoms with Gasteiger partial charge in [-0.1, -0.05) is 20.3 Å². The number of hydrogen-bond donors (Lipinski definition) is 1. The minimum Gasteiger partial charge on any atom is -0.452 e. The van der Waals surface area contributed by atoms with E-state index in [0.717, 1.165) is 31.5 Å². The van der Waals surface area contributed by atoms with Gasteiger partial charge in [-0.25, -0.2) is 9.78 Å². The Morgan fingerprint density at radius 3 is 2.75 bits per heavy atom. The number of carbonyl (C=O) groups excluding carboxylic acids is 2. The quantitative estimate of drug-likeness (QED) is 0.799. The van der Waals surface area contributed by atoms with Crippen LogP contribution in [0.4, 0.5) is 0 Å². The van der Waals surface area contributed by atoms with E-state index in [0.29, 0.717) is 23.4 Å². The van der Waals surface area contributed by atoms with Gasteiger partial charge in [-0.15, -0.1) is 0 Å². The molecule has 1 aromatic heterocycles. The Kier molecular flexibility index (Phi) is 6.11. The highest BCUT2D eigenvalue weighted by molar-refractivity contribution is 5.95. The second-order valence-electron chi connectivity index (χ2n) is 7.70. The molecule has 0 saturated heterocycles.